The van der Waals surface area contributed by atoms with Crippen LogP contribution in [0.5, 0.6) is 11.5 Å². The number of aryl methyl sites for hydroxylation is 1. The average Bonchev–Trinajstić information content (AvgIpc) is 2.10. The quantitative estimate of drug-likeness (QED) is 0.736. The molecule has 0 bridgehead atoms. The van der Waals surface area contributed by atoms with Crippen LogP contribution in [-0.4, -0.2) is 12.2 Å². The van der Waals surface area contributed by atoms with E-state index in [1.54, 1.807) is 12.1 Å². The Labute approximate surface area is 70.6 Å². The Balaban J connectivity index is 3.20. The fourth-order valence-electron chi connectivity index (χ4n) is 1.03. The van der Waals surface area contributed by atoms with Gasteiger partial charge in [-0.15, -0.1) is 0 Å². The minimum absolute atomic E-state index is 0.171. The van der Waals surface area contributed by atoms with Crippen molar-refractivity contribution < 1.29 is 14.2 Å². The lowest BCUT2D eigenvalue weighted by atomic mass is 10.1. The van der Waals surface area contributed by atoms with E-state index in [0.29, 0.717) is 12.0 Å². The maximum Gasteiger partial charge on any atom is 0.194 e. The molecule has 0 aliphatic heterocycles. The molecule has 66 valence electrons. The smallest absolute Gasteiger partial charge is 0.194 e. The van der Waals surface area contributed by atoms with Crippen molar-refractivity contribution in [2.45, 2.75) is 13.3 Å². The molecule has 0 aromatic heterocycles. The first-order valence-electron chi connectivity index (χ1n) is 3.75. The van der Waals surface area contributed by atoms with E-state index in [1.807, 2.05) is 6.92 Å². The summed E-state index contributed by atoms with van der Waals surface area (Å²) < 4.78 is 17.9. The zero-order valence-electron chi connectivity index (χ0n) is 7.10. The van der Waals surface area contributed by atoms with Crippen LogP contribution in [0.2, 0.25) is 0 Å². The molecule has 0 aliphatic carbocycles. The van der Waals surface area contributed by atoms with Gasteiger partial charge >= 0.3 is 0 Å². The van der Waals surface area contributed by atoms with Crippen molar-refractivity contribution in [1.29, 1.82) is 0 Å². The Morgan fingerprint density at radius 1 is 1.50 bits per heavy atom. The van der Waals surface area contributed by atoms with Crippen LogP contribution in [0.4, 0.5) is 4.39 Å². The van der Waals surface area contributed by atoms with Gasteiger partial charge in [0.05, 0.1) is 7.11 Å². The topological polar surface area (TPSA) is 29.5 Å². The van der Waals surface area contributed by atoms with Gasteiger partial charge in [0, 0.05) is 0 Å². The molecule has 0 atom stereocenters. The molecule has 0 unspecified atom stereocenters. The number of phenols is 1. The second kappa shape index (κ2) is 3.43. The molecule has 2 nitrogen and oxygen atoms in total. The minimum Gasteiger partial charge on any atom is -0.502 e. The van der Waals surface area contributed by atoms with E-state index in [-0.39, 0.29) is 5.75 Å². The minimum atomic E-state index is -0.586. The molecule has 0 heterocycles. The van der Waals surface area contributed by atoms with Crippen molar-refractivity contribution in [1.82, 2.24) is 0 Å². The Morgan fingerprint density at radius 3 is 2.67 bits per heavy atom. The molecule has 1 rings (SSSR count). The number of methoxy groups -OCH3 is 1. The van der Waals surface area contributed by atoms with Gasteiger partial charge in [-0.1, -0.05) is 13.0 Å². The number of benzene rings is 1. The Bertz CT molecular complexity index is 255. The summed E-state index contributed by atoms with van der Waals surface area (Å²) in [7, 11) is 1.39. The molecule has 0 radical (unpaired) electrons. The lowest BCUT2D eigenvalue weighted by Gasteiger charge is -2.06. The lowest BCUT2D eigenvalue weighted by Crippen LogP contribution is -1.91. The largest absolute Gasteiger partial charge is 0.502 e. The molecule has 1 aromatic carbocycles. The van der Waals surface area contributed by atoms with Crippen LogP contribution < -0.4 is 4.74 Å². The summed E-state index contributed by atoms with van der Waals surface area (Å²) in [5.74, 6) is -0.821. The monoisotopic (exact) mass is 170 g/mol. The summed E-state index contributed by atoms with van der Waals surface area (Å²) in [6, 6.07) is 3.16. The van der Waals surface area contributed by atoms with Gasteiger partial charge in [0.2, 0.25) is 0 Å². The van der Waals surface area contributed by atoms with Gasteiger partial charge in [-0.3, -0.25) is 0 Å². The van der Waals surface area contributed by atoms with Crippen LogP contribution in [0.3, 0.4) is 0 Å². The Hall–Kier alpha value is -1.25. The van der Waals surface area contributed by atoms with E-state index >= 15 is 0 Å². The number of ether oxygens (including phenoxy) is 1. The summed E-state index contributed by atoms with van der Waals surface area (Å²) in [6.45, 7) is 1.82. The van der Waals surface area contributed by atoms with Gasteiger partial charge in [-0.25, -0.2) is 4.39 Å². The predicted octanol–water partition coefficient (Wildman–Crippen LogP) is 2.10. The summed E-state index contributed by atoms with van der Waals surface area (Å²) in [6.07, 6.45) is 0.559. The number of phenolic OH excluding ortho intramolecular Hbond substituents is 1. The van der Waals surface area contributed by atoms with Crippen molar-refractivity contribution in [2.24, 2.45) is 0 Å². The molecule has 1 N–H and O–H groups in total. The molecule has 0 spiro atoms. The molecule has 0 fully saturated rings. The standard InChI is InChI=1S/C9H11FO2/c1-3-6-4-5-7(12-2)9(11)8(6)10/h4-5,11H,3H2,1-2H3. The van der Waals surface area contributed by atoms with E-state index in [2.05, 4.69) is 0 Å². The van der Waals surface area contributed by atoms with E-state index in [4.69, 9.17) is 4.74 Å². The van der Waals surface area contributed by atoms with Crippen LogP contribution in [0.1, 0.15) is 12.5 Å². The van der Waals surface area contributed by atoms with Crippen LogP contribution in [0, 0.1) is 5.82 Å². The highest BCUT2D eigenvalue weighted by atomic mass is 19.1. The molecule has 3 heteroatoms. The zero-order chi connectivity index (χ0) is 9.14. The van der Waals surface area contributed by atoms with E-state index in [9.17, 15) is 9.50 Å². The molecule has 1 aromatic rings. The van der Waals surface area contributed by atoms with Gasteiger partial charge in [-0.05, 0) is 18.1 Å². The van der Waals surface area contributed by atoms with Crippen molar-refractivity contribution in [3.05, 3.63) is 23.5 Å². The number of rotatable bonds is 2. The SMILES string of the molecule is CCc1ccc(OC)c(O)c1F. The first-order chi connectivity index (χ1) is 5.70. The molecule has 0 saturated heterocycles. The summed E-state index contributed by atoms with van der Waals surface area (Å²) >= 11 is 0. The third-order valence-electron chi connectivity index (χ3n) is 1.76. The van der Waals surface area contributed by atoms with Gasteiger partial charge < -0.3 is 9.84 Å². The second-order valence-corrected chi connectivity index (χ2v) is 2.44. The maximum absolute atomic E-state index is 13.1. The van der Waals surface area contributed by atoms with Crippen molar-refractivity contribution in [3.63, 3.8) is 0 Å². The third kappa shape index (κ3) is 1.35. The van der Waals surface area contributed by atoms with Crippen molar-refractivity contribution >= 4 is 0 Å². The van der Waals surface area contributed by atoms with Gasteiger partial charge in [0.15, 0.2) is 17.3 Å². The van der Waals surface area contributed by atoms with Gasteiger partial charge in [-0.2, -0.15) is 0 Å². The number of hydrogen-bond donors (Lipinski definition) is 1. The molecular weight excluding hydrogens is 159 g/mol. The van der Waals surface area contributed by atoms with Crippen LogP contribution in [-0.2, 0) is 6.42 Å². The first-order valence-corrected chi connectivity index (χ1v) is 3.75. The van der Waals surface area contributed by atoms with Gasteiger partial charge in [0.25, 0.3) is 0 Å². The number of halogens is 1. The van der Waals surface area contributed by atoms with Gasteiger partial charge in [0.1, 0.15) is 0 Å². The Morgan fingerprint density at radius 2 is 2.17 bits per heavy atom. The lowest BCUT2D eigenvalue weighted by molar-refractivity contribution is 0.355. The third-order valence-corrected chi connectivity index (χ3v) is 1.76. The normalized spacial score (nSPS) is 9.92. The fraction of sp³-hybridized carbons (Fsp3) is 0.333. The van der Waals surface area contributed by atoms with Crippen LogP contribution in [0.25, 0.3) is 0 Å². The number of aromatic hydroxyl groups is 1. The summed E-state index contributed by atoms with van der Waals surface area (Å²) in [5.41, 5.74) is 0.494. The van der Waals surface area contributed by atoms with E-state index in [1.165, 1.54) is 7.11 Å². The van der Waals surface area contributed by atoms with E-state index in [0.717, 1.165) is 0 Å². The highest BCUT2D eigenvalue weighted by Gasteiger charge is 2.10. The van der Waals surface area contributed by atoms with Crippen LogP contribution in [0.15, 0.2) is 12.1 Å². The maximum atomic E-state index is 13.1. The molecule has 12 heavy (non-hydrogen) atoms. The molecule has 0 aliphatic rings. The highest BCUT2D eigenvalue weighted by Crippen LogP contribution is 2.30. The fourth-order valence-corrected chi connectivity index (χ4v) is 1.03. The highest BCUT2D eigenvalue weighted by molar-refractivity contribution is 5.43. The first kappa shape index (κ1) is 8.84. The predicted molar refractivity (Wildman–Crippen MR) is 44.0 cm³/mol. The van der Waals surface area contributed by atoms with Crippen molar-refractivity contribution in [2.75, 3.05) is 7.11 Å². The Kier molecular flexibility index (Phi) is 2.53. The second-order valence-electron chi connectivity index (χ2n) is 2.44. The zero-order valence-corrected chi connectivity index (χ0v) is 7.10. The number of hydrogen-bond acceptors (Lipinski definition) is 2. The van der Waals surface area contributed by atoms with Crippen molar-refractivity contribution in [3.8, 4) is 11.5 Å². The summed E-state index contributed by atoms with van der Waals surface area (Å²) in [5, 5.41) is 9.21. The average molecular weight is 170 g/mol. The van der Waals surface area contributed by atoms with Crippen LogP contribution >= 0.6 is 0 Å². The molecule has 0 saturated carbocycles. The molecular formula is C9H11FO2. The molecule has 0 amide bonds. The van der Waals surface area contributed by atoms with E-state index < -0.39 is 11.6 Å². The summed E-state index contributed by atoms with van der Waals surface area (Å²) in [4.78, 5) is 0.